The summed E-state index contributed by atoms with van der Waals surface area (Å²) in [4.78, 5) is 23.2. The summed E-state index contributed by atoms with van der Waals surface area (Å²) < 4.78 is 26.5. The van der Waals surface area contributed by atoms with Crippen LogP contribution in [-0.4, -0.2) is 37.5 Å². The van der Waals surface area contributed by atoms with E-state index in [9.17, 15) is 18.0 Å². The third kappa shape index (κ3) is 3.84. The van der Waals surface area contributed by atoms with Crippen LogP contribution in [-0.2, 0) is 19.6 Å². The smallest absolute Gasteiger partial charge is 0.308 e. The van der Waals surface area contributed by atoms with Crippen molar-refractivity contribution in [1.29, 1.82) is 0 Å². The van der Waals surface area contributed by atoms with Crippen molar-refractivity contribution in [2.45, 2.75) is 42.5 Å². The zero-order valence-corrected chi connectivity index (χ0v) is 13.6. The monoisotopic (exact) mass is 346 g/mol. The predicted octanol–water partition coefficient (Wildman–Crippen LogP) is 0.784. The number of carboxylic acids is 1. The number of aliphatic carboxylic acids is 1. The summed E-state index contributed by atoms with van der Waals surface area (Å²) in [5, 5.41) is 13.4. The van der Waals surface area contributed by atoms with Crippen molar-refractivity contribution in [3.05, 3.63) is 17.5 Å². The summed E-state index contributed by atoms with van der Waals surface area (Å²) in [6.45, 7) is 1.44. The van der Waals surface area contributed by atoms with Gasteiger partial charge in [0, 0.05) is 6.04 Å². The third-order valence-electron chi connectivity index (χ3n) is 3.65. The molecule has 0 spiro atoms. The minimum absolute atomic E-state index is 0.136. The Morgan fingerprint density at radius 2 is 2.14 bits per heavy atom. The van der Waals surface area contributed by atoms with E-state index < -0.39 is 39.9 Å². The van der Waals surface area contributed by atoms with Crippen LogP contribution < -0.4 is 10.0 Å². The molecule has 0 radical (unpaired) electrons. The number of rotatable bonds is 6. The average molecular weight is 346 g/mol. The largest absolute Gasteiger partial charge is 0.481 e. The number of nitrogens with one attached hydrogen (secondary N) is 2. The zero-order valence-electron chi connectivity index (χ0n) is 12.0. The van der Waals surface area contributed by atoms with Gasteiger partial charge in [-0.15, -0.1) is 11.3 Å². The highest BCUT2D eigenvalue weighted by molar-refractivity contribution is 7.91. The van der Waals surface area contributed by atoms with Gasteiger partial charge in [0.1, 0.15) is 4.21 Å². The summed E-state index contributed by atoms with van der Waals surface area (Å²) in [5.74, 6) is -2.06. The predicted molar refractivity (Wildman–Crippen MR) is 81.0 cm³/mol. The second-order valence-electron chi connectivity index (χ2n) is 5.27. The molecule has 1 saturated carbocycles. The highest BCUT2D eigenvalue weighted by Gasteiger charge is 2.35. The van der Waals surface area contributed by atoms with E-state index in [0.29, 0.717) is 12.8 Å². The molecule has 1 unspecified atom stereocenters. The lowest BCUT2D eigenvalue weighted by molar-refractivity contribution is -0.142. The molecule has 1 aliphatic carbocycles. The van der Waals surface area contributed by atoms with Crippen molar-refractivity contribution in [2.75, 3.05) is 0 Å². The standard InChI is InChI=1S/C13H18N2O5S2/c1-8(15-22(19,20)11-6-3-7-21-11)12(16)14-10-5-2-4-9(10)13(17)18/h3,6-10,15H,2,4-5H2,1H3,(H,14,16)(H,17,18)/t8?,9-,10+/m0/s1. The van der Waals surface area contributed by atoms with E-state index >= 15 is 0 Å². The molecule has 0 saturated heterocycles. The Balaban J connectivity index is 1.97. The normalized spacial score (nSPS) is 23.1. The molecule has 1 heterocycles. The topological polar surface area (TPSA) is 113 Å². The fourth-order valence-corrected chi connectivity index (χ4v) is 4.71. The van der Waals surface area contributed by atoms with Crippen LogP contribution in [0.4, 0.5) is 0 Å². The van der Waals surface area contributed by atoms with Crippen molar-refractivity contribution in [1.82, 2.24) is 10.0 Å². The van der Waals surface area contributed by atoms with Gasteiger partial charge < -0.3 is 10.4 Å². The van der Waals surface area contributed by atoms with Gasteiger partial charge in [0.25, 0.3) is 10.0 Å². The number of carbonyl (C=O) groups is 2. The van der Waals surface area contributed by atoms with Crippen LogP contribution in [0.15, 0.2) is 21.7 Å². The van der Waals surface area contributed by atoms with E-state index in [0.717, 1.165) is 17.8 Å². The lowest BCUT2D eigenvalue weighted by Gasteiger charge is -2.20. The van der Waals surface area contributed by atoms with Gasteiger partial charge in [-0.25, -0.2) is 8.42 Å². The number of thiophene rings is 1. The van der Waals surface area contributed by atoms with Gasteiger partial charge in [0.2, 0.25) is 5.91 Å². The Labute approximate surface area is 132 Å². The van der Waals surface area contributed by atoms with Crippen molar-refractivity contribution in [3.63, 3.8) is 0 Å². The molecule has 122 valence electrons. The maximum atomic E-state index is 12.1. The number of hydrogen-bond acceptors (Lipinski definition) is 5. The second kappa shape index (κ2) is 6.76. The molecule has 1 amide bonds. The molecule has 1 fully saturated rings. The van der Waals surface area contributed by atoms with Gasteiger partial charge in [-0.1, -0.05) is 12.5 Å². The molecule has 3 N–H and O–H groups in total. The van der Waals surface area contributed by atoms with Gasteiger partial charge in [-0.2, -0.15) is 4.72 Å². The van der Waals surface area contributed by atoms with Gasteiger partial charge in [0.05, 0.1) is 12.0 Å². The Morgan fingerprint density at radius 3 is 2.73 bits per heavy atom. The summed E-state index contributed by atoms with van der Waals surface area (Å²) in [6.07, 6.45) is 1.85. The quantitative estimate of drug-likeness (QED) is 0.705. The minimum Gasteiger partial charge on any atom is -0.481 e. The van der Waals surface area contributed by atoms with Crippen LogP contribution in [0.2, 0.25) is 0 Å². The number of amides is 1. The first-order valence-corrected chi connectivity index (χ1v) is 9.26. The van der Waals surface area contributed by atoms with Gasteiger partial charge in [-0.3, -0.25) is 9.59 Å². The molecule has 2 rings (SSSR count). The molecular weight excluding hydrogens is 328 g/mol. The maximum absolute atomic E-state index is 12.1. The molecule has 1 aromatic rings. The molecule has 22 heavy (non-hydrogen) atoms. The Hall–Kier alpha value is -1.45. The van der Waals surface area contributed by atoms with Gasteiger partial charge in [-0.05, 0) is 31.2 Å². The fraction of sp³-hybridized carbons (Fsp3) is 0.538. The maximum Gasteiger partial charge on any atom is 0.308 e. The van der Waals surface area contributed by atoms with Crippen molar-refractivity contribution in [3.8, 4) is 0 Å². The minimum atomic E-state index is -3.73. The molecule has 1 aliphatic rings. The van der Waals surface area contributed by atoms with Crippen LogP contribution in [0.5, 0.6) is 0 Å². The highest BCUT2D eigenvalue weighted by atomic mass is 32.2. The first-order valence-electron chi connectivity index (χ1n) is 6.90. The van der Waals surface area contributed by atoms with Crippen molar-refractivity contribution < 1.29 is 23.1 Å². The first-order chi connectivity index (χ1) is 10.3. The van der Waals surface area contributed by atoms with Crippen molar-refractivity contribution >= 4 is 33.2 Å². The summed E-state index contributed by atoms with van der Waals surface area (Å²) in [7, 11) is -3.73. The van der Waals surface area contributed by atoms with Crippen LogP contribution in [0.3, 0.4) is 0 Å². The number of sulfonamides is 1. The summed E-state index contributed by atoms with van der Waals surface area (Å²) >= 11 is 1.06. The van der Waals surface area contributed by atoms with Crippen LogP contribution in [0.1, 0.15) is 26.2 Å². The third-order valence-corrected chi connectivity index (χ3v) is 6.58. The van der Waals surface area contributed by atoms with E-state index in [1.807, 2.05) is 0 Å². The molecule has 9 heteroatoms. The average Bonchev–Trinajstić information content (AvgIpc) is 3.09. The molecule has 0 aromatic carbocycles. The van der Waals surface area contributed by atoms with E-state index in [4.69, 9.17) is 5.11 Å². The van der Waals surface area contributed by atoms with Crippen LogP contribution in [0, 0.1) is 5.92 Å². The van der Waals surface area contributed by atoms with Gasteiger partial charge >= 0.3 is 5.97 Å². The Bertz CT molecular complexity index is 641. The van der Waals surface area contributed by atoms with E-state index in [1.54, 1.807) is 11.4 Å². The van der Waals surface area contributed by atoms with Crippen LogP contribution >= 0.6 is 11.3 Å². The lowest BCUT2D eigenvalue weighted by atomic mass is 10.0. The van der Waals surface area contributed by atoms with E-state index in [-0.39, 0.29) is 4.21 Å². The molecule has 7 nitrogen and oxygen atoms in total. The SMILES string of the molecule is CC(NS(=O)(=O)c1cccs1)C(=O)N[C@@H]1CCC[C@@H]1C(=O)O. The molecule has 0 bridgehead atoms. The fourth-order valence-electron chi connectivity index (χ4n) is 2.50. The molecule has 0 aliphatic heterocycles. The molecule has 3 atom stereocenters. The van der Waals surface area contributed by atoms with Crippen molar-refractivity contribution in [2.24, 2.45) is 5.92 Å². The Kier molecular flexibility index (Phi) is 5.20. The number of hydrogen-bond donors (Lipinski definition) is 3. The van der Waals surface area contributed by atoms with E-state index in [1.165, 1.54) is 13.0 Å². The number of carbonyl (C=O) groups excluding carboxylic acids is 1. The summed E-state index contributed by atoms with van der Waals surface area (Å²) in [6, 6.07) is 1.65. The number of carboxylic acid groups (broad SMARTS) is 1. The summed E-state index contributed by atoms with van der Waals surface area (Å²) in [5.41, 5.74) is 0. The second-order valence-corrected chi connectivity index (χ2v) is 8.15. The van der Waals surface area contributed by atoms with Gasteiger partial charge in [0.15, 0.2) is 0 Å². The zero-order chi connectivity index (χ0) is 16.3. The Morgan fingerprint density at radius 1 is 1.41 bits per heavy atom. The molecule has 1 aromatic heterocycles. The van der Waals surface area contributed by atoms with E-state index in [2.05, 4.69) is 10.0 Å². The first kappa shape index (κ1) is 16.9. The van der Waals surface area contributed by atoms with Crippen LogP contribution in [0.25, 0.3) is 0 Å². The highest BCUT2D eigenvalue weighted by Crippen LogP contribution is 2.26. The lowest BCUT2D eigenvalue weighted by Crippen LogP contribution is -2.49. The molecular formula is C13H18N2O5S2.